The van der Waals surface area contributed by atoms with Gasteiger partial charge in [-0.25, -0.2) is 0 Å². The van der Waals surface area contributed by atoms with E-state index in [4.69, 9.17) is 16.8 Å². The Bertz CT molecular complexity index is 1220. The highest BCUT2D eigenvalue weighted by molar-refractivity contribution is 8.27. The quantitative estimate of drug-likeness (QED) is 0.393. The van der Waals surface area contributed by atoms with Gasteiger partial charge in [-0.3, -0.25) is 14.2 Å². The Morgan fingerprint density at radius 1 is 1.06 bits per heavy atom. The molecule has 0 saturated carbocycles. The van der Waals surface area contributed by atoms with Gasteiger partial charge in [-0.05, 0) is 43.2 Å². The third-order valence-corrected chi connectivity index (χ3v) is 7.20. The molecule has 0 radical (unpaired) electrons. The first-order chi connectivity index (χ1) is 14.7. The summed E-state index contributed by atoms with van der Waals surface area (Å²) in [4.78, 5) is 17.3. The van der Waals surface area contributed by atoms with Gasteiger partial charge in [-0.1, -0.05) is 66.0 Å². The standard InChI is InChI=1S/C22H20N2O4S3/c1-15-7-10-17(11-8-15)24-21(25)20(30-22(24)29)19-12-9-16-5-2-3-6-18(16)23(19)13-4-14-31(26,27)28/h2-3,5-12H,4,13-14H2,1H3,(H,26,27,28)/b20-19-. The average Bonchev–Trinajstić information content (AvgIpc) is 3.02. The summed E-state index contributed by atoms with van der Waals surface area (Å²) in [5, 5.41) is 0. The number of nitrogens with zero attached hydrogens (tertiary/aromatic N) is 2. The fourth-order valence-electron chi connectivity index (χ4n) is 3.55. The summed E-state index contributed by atoms with van der Waals surface area (Å²) in [6, 6.07) is 15.3. The van der Waals surface area contributed by atoms with Crippen LogP contribution in [0.1, 0.15) is 17.5 Å². The maximum absolute atomic E-state index is 13.4. The van der Waals surface area contributed by atoms with Crippen molar-refractivity contribution in [2.45, 2.75) is 13.3 Å². The van der Waals surface area contributed by atoms with Crippen molar-refractivity contribution in [1.82, 2.24) is 0 Å². The fraction of sp³-hybridized carbons (Fsp3) is 0.182. The third kappa shape index (κ3) is 4.59. The first kappa shape index (κ1) is 21.8. The highest BCUT2D eigenvalue weighted by Crippen LogP contribution is 2.41. The molecule has 2 aromatic rings. The van der Waals surface area contributed by atoms with E-state index in [1.165, 1.54) is 16.7 Å². The molecule has 2 heterocycles. The Hall–Kier alpha value is -2.46. The van der Waals surface area contributed by atoms with Gasteiger partial charge in [0.25, 0.3) is 16.0 Å². The van der Waals surface area contributed by atoms with Crippen molar-refractivity contribution >= 4 is 61.8 Å². The maximum Gasteiger partial charge on any atom is 0.272 e. The molecular formula is C22H20N2O4S3. The summed E-state index contributed by atoms with van der Waals surface area (Å²) < 4.78 is 32.0. The molecule has 2 aromatic carbocycles. The molecule has 0 aliphatic carbocycles. The van der Waals surface area contributed by atoms with Gasteiger partial charge in [0, 0.05) is 12.2 Å². The minimum atomic E-state index is -4.07. The SMILES string of the molecule is Cc1ccc(N2C(=O)/C(=C3\C=Cc4ccccc4N3CCCS(=O)(=O)O)SC2=S)cc1. The molecule has 31 heavy (non-hydrogen) atoms. The van der Waals surface area contributed by atoms with Crippen LogP contribution in [0.3, 0.4) is 0 Å². The van der Waals surface area contributed by atoms with Gasteiger partial charge >= 0.3 is 0 Å². The minimum absolute atomic E-state index is 0.210. The number of aryl methyl sites for hydroxylation is 1. The normalized spacial score (nSPS) is 18.6. The van der Waals surface area contributed by atoms with Crippen molar-refractivity contribution in [2.75, 3.05) is 22.1 Å². The Labute approximate surface area is 191 Å². The molecule has 2 aliphatic rings. The van der Waals surface area contributed by atoms with Crippen LogP contribution in [0.4, 0.5) is 11.4 Å². The van der Waals surface area contributed by atoms with E-state index >= 15 is 0 Å². The van der Waals surface area contributed by atoms with E-state index in [9.17, 15) is 13.2 Å². The third-order valence-electron chi connectivity index (χ3n) is 5.02. The van der Waals surface area contributed by atoms with Gasteiger partial charge in [-0.2, -0.15) is 8.42 Å². The van der Waals surface area contributed by atoms with E-state index in [0.29, 0.717) is 27.2 Å². The number of amides is 1. The molecule has 9 heteroatoms. The molecule has 0 bridgehead atoms. The van der Waals surface area contributed by atoms with Crippen LogP contribution in [0, 0.1) is 6.92 Å². The number of fused-ring (bicyclic) bond motifs is 1. The molecule has 0 atom stereocenters. The second kappa shape index (κ2) is 8.58. The van der Waals surface area contributed by atoms with Gasteiger partial charge < -0.3 is 4.90 Å². The van der Waals surface area contributed by atoms with Crippen molar-refractivity contribution in [1.29, 1.82) is 0 Å². The van der Waals surface area contributed by atoms with Crippen molar-refractivity contribution in [3.8, 4) is 0 Å². The van der Waals surface area contributed by atoms with E-state index in [1.807, 2.05) is 72.5 Å². The number of para-hydroxylation sites is 1. The number of hydrogen-bond acceptors (Lipinski definition) is 6. The number of carbonyl (C=O) groups is 1. The van der Waals surface area contributed by atoms with Crippen molar-refractivity contribution < 1.29 is 17.8 Å². The highest BCUT2D eigenvalue weighted by atomic mass is 32.2. The lowest BCUT2D eigenvalue weighted by molar-refractivity contribution is -0.113. The molecule has 0 spiro atoms. The lowest BCUT2D eigenvalue weighted by atomic mass is 10.0. The monoisotopic (exact) mass is 472 g/mol. The number of hydrogen-bond donors (Lipinski definition) is 1. The lowest BCUT2D eigenvalue weighted by Crippen LogP contribution is -2.31. The van der Waals surface area contributed by atoms with E-state index in [2.05, 4.69) is 0 Å². The van der Waals surface area contributed by atoms with E-state index in [0.717, 1.165) is 16.8 Å². The van der Waals surface area contributed by atoms with Gasteiger partial charge in [0.05, 0.1) is 17.1 Å². The number of thioether (sulfide) groups is 1. The van der Waals surface area contributed by atoms with E-state index in [-0.39, 0.29) is 18.1 Å². The molecule has 6 nitrogen and oxygen atoms in total. The Kier molecular flexibility index (Phi) is 6.02. The molecule has 4 rings (SSSR count). The Balaban J connectivity index is 1.72. The zero-order valence-electron chi connectivity index (χ0n) is 16.7. The predicted octanol–water partition coefficient (Wildman–Crippen LogP) is 4.38. The van der Waals surface area contributed by atoms with Gasteiger partial charge in [0.15, 0.2) is 4.32 Å². The highest BCUT2D eigenvalue weighted by Gasteiger charge is 2.37. The Morgan fingerprint density at radius 3 is 2.48 bits per heavy atom. The molecule has 0 unspecified atom stereocenters. The van der Waals surface area contributed by atoms with Crippen LogP contribution in [-0.2, 0) is 14.9 Å². The molecule has 0 aromatic heterocycles. The summed E-state index contributed by atoms with van der Waals surface area (Å²) in [7, 11) is -4.07. The number of thiocarbonyl (C=S) groups is 1. The second-order valence-electron chi connectivity index (χ2n) is 7.24. The first-order valence-electron chi connectivity index (χ1n) is 9.61. The molecular weight excluding hydrogens is 452 g/mol. The average molecular weight is 473 g/mol. The van der Waals surface area contributed by atoms with Crippen molar-refractivity contribution in [3.05, 3.63) is 76.3 Å². The summed E-state index contributed by atoms with van der Waals surface area (Å²) in [5.41, 5.74) is 4.30. The second-order valence-corrected chi connectivity index (χ2v) is 10.5. The van der Waals surface area contributed by atoms with Crippen LogP contribution < -0.4 is 9.80 Å². The lowest BCUT2D eigenvalue weighted by Gasteiger charge is -2.31. The molecule has 2 aliphatic heterocycles. The largest absolute Gasteiger partial charge is 0.340 e. The van der Waals surface area contributed by atoms with Gasteiger partial charge in [0.1, 0.15) is 4.91 Å². The Morgan fingerprint density at radius 2 is 1.77 bits per heavy atom. The molecule has 160 valence electrons. The van der Waals surface area contributed by atoms with Crippen LogP contribution >= 0.6 is 24.0 Å². The molecule has 1 fully saturated rings. The topological polar surface area (TPSA) is 77.9 Å². The first-order valence-corrected chi connectivity index (χ1v) is 12.4. The summed E-state index contributed by atoms with van der Waals surface area (Å²) in [6.45, 7) is 2.30. The van der Waals surface area contributed by atoms with Gasteiger partial charge in [-0.15, -0.1) is 0 Å². The molecule has 1 amide bonds. The molecule has 1 saturated heterocycles. The zero-order chi connectivity index (χ0) is 22.2. The van der Waals surface area contributed by atoms with E-state index < -0.39 is 10.1 Å². The van der Waals surface area contributed by atoms with Crippen molar-refractivity contribution in [3.63, 3.8) is 0 Å². The van der Waals surface area contributed by atoms with Gasteiger partial charge in [0.2, 0.25) is 0 Å². The number of anilines is 2. The summed E-state index contributed by atoms with van der Waals surface area (Å²) in [5.74, 6) is -0.565. The van der Waals surface area contributed by atoms with Crippen LogP contribution in [0.25, 0.3) is 6.08 Å². The van der Waals surface area contributed by atoms with Crippen molar-refractivity contribution in [2.24, 2.45) is 0 Å². The number of rotatable bonds is 5. The summed E-state index contributed by atoms with van der Waals surface area (Å²) in [6.07, 6.45) is 4.00. The smallest absolute Gasteiger partial charge is 0.272 e. The van der Waals surface area contributed by atoms with Crippen LogP contribution in [0.5, 0.6) is 0 Å². The minimum Gasteiger partial charge on any atom is -0.340 e. The number of benzene rings is 2. The number of allylic oxidation sites excluding steroid dienone is 1. The summed E-state index contributed by atoms with van der Waals surface area (Å²) >= 11 is 6.74. The maximum atomic E-state index is 13.4. The molecule has 1 N–H and O–H groups in total. The van der Waals surface area contributed by atoms with E-state index in [1.54, 1.807) is 0 Å². The predicted molar refractivity (Wildman–Crippen MR) is 130 cm³/mol. The number of carbonyl (C=O) groups excluding carboxylic acids is 1. The van der Waals surface area contributed by atoms with Crippen LogP contribution in [-0.4, -0.2) is 35.5 Å². The van der Waals surface area contributed by atoms with Crippen LogP contribution in [0.15, 0.2) is 65.2 Å². The fourth-order valence-corrected chi connectivity index (χ4v) is 5.39. The zero-order valence-corrected chi connectivity index (χ0v) is 19.1. The van der Waals surface area contributed by atoms with Crippen LogP contribution in [0.2, 0.25) is 0 Å².